The molecule has 0 radical (unpaired) electrons. The maximum Gasteiger partial charge on any atom is 0.410 e. The lowest BCUT2D eigenvalue weighted by Crippen LogP contribution is -2.59. The zero-order valence-electron chi connectivity index (χ0n) is 23.3. The van der Waals surface area contributed by atoms with E-state index in [4.69, 9.17) is 4.74 Å². The molecule has 0 unspecified atom stereocenters. The molecule has 4 heterocycles. The van der Waals surface area contributed by atoms with Crippen LogP contribution in [0.5, 0.6) is 0 Å². The molecule has 1 N–H and O–H groups in total. The number of piperazine rings is 1. The van der Waals surface area contributed by atoms with E-state index in [9.17, 15) is 9.59 Å². The van der Waals surface area contributed by atoms with E-state index < -0.39 is 5.60 Å². The van der Waals surface area contributed by atoms with Gasteiger partial charge in [-0.1, -0.05) is 0 Å². The van der Waals surface area contributed by atoms with Crippen molar-refractivity contribution in [1.29, 1.82) is 0 Å². The molecule has 2 aromatic heterocycles. The van der Waals surface area contributed by atoms with Crippen molar-refractivity contribution >= 4 is 40.2 Å². The summed E-state index contributed by atoms with van der Waals surface area (Å²) in [6.45, 7) is 13.7. The van der Waals surface area contributed by atoms with Gasteiger partial charge in [-0.05, 0) is 71.7 Å². The van der Waals surface area contributed by atoms with Crippen LogP contribution in [0.2, 0.25) is 0 Å². The highest BCUT2D eigenvalue weighted by Crippen LogP contribution is 2.36. The van der Waals surface area contributed by atoms with Crippen LogP contribution in [0.15, 0.2) is 30.6 Å². The van der Waals surface area contributed by atoms with Crippen molar-refractivity contribution in [2.45, 2.75) is 65.6 Å². The number of urea groups is 1. The maximum atomic E-state index is 13.3. The van der Waals surface area contributed by atoms with Gasteiger partial charge in [0.05, 0.1) is 17.6 Å². The second-order valence-electron chi connectivity index (χ2n) is 11.5. The Morgan fingerprint density at radius 2 is 1.84 bits per heavy atom. The molecule has 202 valence electrons. The number of pyridine rings is 1. The Morgan fingerprint density at radius 3 is 2.53 bits per heavy atom. The van der Waals surface area contributed by atoms with Gasteiger partial charge in [-0.15, -0.1) is 0 Å². The lowest BCUT2D eigenvalue weighted by atomic mass is 10.1. The smallest absolute Gasteiger partial charge is 0.410 e. The molecule has 0 saturated carbocycles. The summed E-state index contributed by atoms with van der Waals surface area (Å²) in [5, 5.41) is 8.53. The Bertz CT molecular complexity index is 1380. The third-order valence-corrected chi connectivity index (χ3v) is 7.12. The maximum absolute atomic E-state index is 13.3. The molecule has 5 rings (SSSR count). The van der Waals surface area contributed by atoms with Crippen LogP contribution in [0.1, 0.15) is 45.7 Å². The monoisotopic (exact) mass is 519 g/mol. The minimum atomic E-state index is -0.536. The average Bonchev–Trinajstić information content (AvgIpc) is 3.40. The van der Waals surface area contributed by atoms with Crippen molar-refractivity contribution in [2.75, 3.05) is 34.8 Å². The Morgan fingerprint density at radius 1 is 1.13 bits per heavy atom. The molecule has 10 heteroatoms. The van der Waals surface area contributed by atoms with Gasteiger partial charge in [-0.3, -0.25) is 14.5 Å². The van der Waals surface area contributed by atoms with Crippen molar-refractivity contribution in [2.24, 2.45) is 7.05 Å². The molecule has 0 spiro atoms. The van der Waals surface area contributed by atoms with Crippen molar-refractivity contribution in [3.63, 3.8) is 0 Å². The first kappa shape index (κ1) is 25.8. The molecule has 38 heavy (non-hydrogen) atoms. The minimum absolute atomic E-state index is 0.0242. The molecule has 3 amide bonds. The van der Waals surface area contributed by atoms with E-state index >= 15 is 0 Å². The highest BCUT2D eigenvalue weighted by molar-refractivity contribution is 6.04. The molecule has 10 nitrogen and oxygen atoms in total. The number of nitrogens with one attached hydrogen (secondary N) is 1. The normalized spacial score (nSPS) is 19.6. The number of carbonyl (C=O) groups is 2. The van der Waals surface area contributed by atoms with Crippen LogP contribution < -0.4 is 15.1 Å². The number of fused-ring (bicyclic) bond motifs is 2. The largest absolute Gasteiger partial charge is 0.444 e. The number of hydrogen-bond donors (Lipinski definition) is 1. The number of nitrogens with zero attached hydrogens (tertiary/aromatic N) is 6. The van der Waals surface area contributed by atoms with Gasteiger partial charge in [0.15, 0.2) is 0 Å². The third kappa shape index (κ3) is 4.87. The average molecular weight is 520 g/mol. The van der Waals surface area contributed by atoms with E-state index in [0.717, 1.165) is 39.8 Å². The minimum Gasteiger partial charge on any atom is -0.444 e. The predicted molar refractivity (Wildman–Crippen MR) is 149 cm³/mol. The zero-order chi connectivity index (χ0) is 27.4. The molecule has 1 aromatic carbocycles. The van der Waals surface area contributed by atoms with Gasteiger partial charge in [0.2, 0.25) is 0 Å². The van der Waals surface area contributed by atoms with E-state index in [-0.39, 0.29) is 24.2 Å². The zero-order valence-corrected chi connectivity index (χ0v) is 23.3. The van der Waals surface area contributed by atoms with Crippen LogP contribution in [0.3, 0.4) is 0 Å². The first-order valence-electron chi connectivity index (χ1n) is 13.2. The van der Waals surface area contributed by atoms with E-state index in [1.807, 2.05) is 64.0 Å². The molecule has 1 saturated heterocycles. The Balaban J connectivity index is 1.33. The van der Waals surface area contributed by atoms with Gasteiger partial charge >= 0.3 is 12.1 Å². The summed E-state index contributed by atoms with van der Waals surface area (Å²) in [4.78, 5) is 36.6. The topological polar surface area (TPSA) is 95.8 Å². The second kappa shape index (κ2) is 9.49. The van der Waals surface area contributed by atoms with Crippen molar-refractivity contribution in [3.8, 4) is 0 Å². The fourth-order valence-electron chi connectivity index (χ4n) is 5.65. The van der Waals surface area contributed by atoms with Crippen molar-refractivity contribution in [3.05, 3.63) is 41.7 Å². The number of hydrogen-bond acceptors (Lipinski definition) is 6. The van der Waals surface area contributed by atoms with Crippen molar-refractivity contribution in [1.82, 2.24) is 19.7 Å². The van der Waals surface area contributed by atoms with E-state index in [0.29, 0.717) is 25.5 Å². The molecule has 2 atom stereocenters. The molecule has 1 fully saturated rings. The Labute approximate surface area is 223 Å². The van der Waals surface area contributed by atoms with Gasteiger partial charge in [-0.25, -0.2) is 14.6 Å². The molecular weight excluding hydrogens is 482 g/mol. The molecule has 0 aliphatic carbocycles. The predicted octanol–water partition coefficient (Wildman–Crippen LogP) is 4.71. The number of amides is 3. The quantitative estimate of drug-likeness (QED) is 0.527. The second-order valence-corrected chi connectivity index (χ2v) is 11.5. The summed E-state index contributed by atoms with van der Waals surface area (Å²) < 4.78 is 7.44. The van der Waals surface area contributed by atoms with Gasteiger partial charge in [0, 0.05) is 61.4 Å². The summed E-state index contributed by atoms with van der Waals surface area (Å²) in [6.07, 6.45) is 4.16. The highest BCUT2D eigenvalue weighted by atomic mass is 16.6. The highest BCUT2D eigenvalue weighted by Gasteiger charge is 2.37. The van der Waals surface area contributed by atoms with Gasteiger partial charge < -0.3 is 15.0 Å². The van der Waals surface area contributed by atoms with Crippen LogP contribution in [0.4, 0.5) is 26.8 Å². The lowest BCUT2D eigenvalue weighted by Gasteiger charge is -2.45. The number of aryl methyl sites for hydroxylation is 2. The Kier molecular flexibility index (Phi) is 6.44. The van der Waals surface area contributed by atoms with Gasteiger partial charge in [0.1, 0.15) is 11.4 Å². The summed E-state index contributed by atoms with van der Waals surface area (Å²) >= 11 is 0. The SMILES string of the molecule is Cc1cc(NC(=O)N2CCc3c(N4C[C@@H](C)N(C(=O)OC(C)(C)C)[C@@H](C)C4)ccnc32)cc2cn(C)nc12. The van der Waals surface area contributed by atoms with Crippen LogP contribution in [-0.2, 0) is 18.2 Å². The van der Waals surface area contributed by atoms with Crippen LogP contribution in [-0.4, -0.2) is 69.1 Å². The van der Waals surface area contributed by atoms with Gasteiger partial charge in [-0.2, -0.15) is 5.10 Å². The number of rotatable bonds is 2. The first-order valence-corrected chi connectivity index (χ1v) is 13.2. The fourth-order valence-corrected chi connectivity index (χ4v) is 5.65. The number of aromatic nitrogens is 3. The number of benzene rings is 1. The van der Waals surface area contributed by atoms with Gasteiger partial charge in [0.25, 0.3) is 0 Å². The summed E-state index contributed by atoms with van der Waals surface area (Å²) in [7, 11) is 1.89. The first-order chi connectivity index (χ1) is 17.9. The van der Waals surface area contributed by atoms with Crippen molar-refractivity contribution < 1.29 is 14.3 Å². The van der Waals surface area contributed by atoms with E-state index in [1.54, 1.807) is 15.8 Å². The summed E-state index contributed by atoms with van der Waals surface area (Å²) in [6, 6.07) is 5.66. The van der Waals surface area contributed by atoms with E-state index in [2.05, 4.69) is 34.1 Å². The molecule has 2 aliphatic heterocycles. The Hall–Kier alpha value is -3.82. The summed E-state index contributed by atoms with van der Waals surface area (Å²) in [5.74, 6) is 0.689. The van der Waals surface area contributed by atoms with Crippen LogP contribution >= 0.6 is 0 Å². The lowest BCUT2D eigenvalue weighted by molar-refractivity contribution is 0.00565. The molecule has 2 aliphatic rings. The summed E-state index contributed by atoms with van der Waals surface area (Å²) in [5.41, 5.74) is 4.27. The number of anilines is 3. The fraction of sp³-hybridized carbons (Fsp3) is 0.500. The molecule has 3 aromatic rings. The standard InChI is InChI=1S/C28H37N7O3/c1-17-12-21(13-20-16-32(7)31-24(17)20)30-26(36)34-11-9-22-23(8-10-29-25(22)34)33-14-18(2)35(19(3)15-33)27(37)38-28(4,5)6/h8,10,12-13,16,18-19H,9,11,14-15H2,1-7H3,(H,30,36)/t18-,19+. The molecular formula is C28H37N7O3. The number of ether oxygens (including phenoxy) is 1. The van der Waals surface area contributed by atoms with E-state index in [1.165, 1.54) is 0 Å². The molecule has 0 bridgehead atoms. The van der Waals surface area contributed by atoms with Crippen LogP contribution in [0.25, 0.3) is 10.9 Å². The number of carbonyl (C=O) groups excluding carboxylic acids is 2. The third-order valence-electron chi connectivity index (χ3n) is 7.12. The van der Waals surface area contributed by atoms with Crippen LogP contribution in [0, 0.1) is 6.92 Å².